The largest absolute Gasteiger partial charge is 0.493 e. The highest BCUT2D eigenvalue weighted by molar-refractivity contribution is 8.13. The Hall–Kier alpha value is -7.09. The fraction of sp³-hybridized carbons (Fsp3) is 0.192. The molecule has 0 saturated carbocycles. The summed E-state index contributed by atoms with van der Waals surface area (Å²) in [5.74, 6) is 1.86. The first-order chi connectivity index (χ1) is 34.5. The molecule has 0 unspecified atom stereocenters. The molecule has 21 heteroatoms. The third kappa shape index (κ3) is 13.9. The van der Waals surface area contributed by atoms with Gasteiger partial charge in [0.25, 0.3) is 19.1 Å². The molecule has 8 rings (SSSR count). The number of hydrogen-bond acceptors (Lipinski definition) is 13. The summed E-state index contributed by atoms with van der Waals surface area (Å²) in [4.78, 5) is 29.4. The van der Waals surface area contributed by atoms with Gasteiger partial charge >= 0.3 is 11.9 Å². The molecule has 0 radical (unpaired) electrons. The number of aromatic nitrogens is 2. The normalized spacial score (nSPS) is 11.2. The summed E-state index contributed by atoms with van der Waals surface area (Å²) in [5, 5.41) is 1.81. The van der Waals surface area contributed by atoms with E-state index in [1.807, 2.05) is 52.0 Å². The van der Waals surface area contributed by atoms with E-state index in [0.29, 0.717) is 45.4 Å². The van der Waals surface area contributed by atoms with E-state index in [0.717, 1.165) is 44.5 Å². The molecule has 0 aliphatic carbocycles. The van der Waals surface area contributed by atoms with E-state index in [-0.39, 0.29) is 56.1 Å². The Kier molecular flexibility index (Phi) is 17.9. The molecule has 0 bridgehead atoms. The second-order valence-corrected chi connectivity index (χ2v) is 21.3. The quantitative estimate of drug-likeness (QED) is 0.0452. The van der Waals surface area contributed by atoms with Gasteiger partial charge in [0.05, 0.1) is 57.0 Å². The minimum Gasteiger partial charge on any atom is -0.493 e. The monoisotopic (exact) mass is 1090 g/mol. The Morgan fingerprint density at radius 1 is 0.548 bits per heavy atom. The molecule has 6 aromatic carbocycles. The van der Waals surface area contributed by atoms with Crippen LogP contribution in [0.25, 0.3) is 21.8 Å². The summed E-state index contributed by atoms with van der Waals surface area (Å²) in [5.41, 5.74) is 13.8. The number of hydrogen-bond donors (Lipinski definition) is 4. The molecule has 16 nitrogen and oxygen atoms in total. The van der Waals surface area contributed by atoms with Crippen LogP contribution >= 0.6 is 33.9 Å². The van der Waals surface area contributed by atoms with Crippen molar-refractivity contribution in [1.29, 1.82) is 0 Å². The van der Waals surface area contributed by atoms with Crippen molar-refractivity contribution in [2.45, 2.75) is 50.3 Å². The molecule has 0 spiro atoms. The average molecular weight is 1090 g/mol. The highest BCUT2D eigenvalue weighted by Crippen LogP contribution is 2.42. The van der Waals surface area contributed by atoms with Crippen molar-refractivity contribution in [2.75, 3.05) is 38.9 Å². The maximum atomic E-state index is 13.4. The van der Waals surface area contributed by atoms with E-state index >= 15 is 0 Å². The van der Waals surface area contributed by atoms with Crippen LogP contribution < -0.4 is 29.4 Å². The third-order valence-electron chi connectivity index (χ3n) is 10.9. The van der Waals surface area contributed by atoms with Gasteiger partial charge in [0.1, 0.15) is 15.5 Å². The number of halogens is 3. The first-order valence-corrected chi connectivity index (χ1v) is 26.4. The second kappa shape index (κ2) is 23.6. The summed E-state index contributed by atoms with van der Waals surface area (Å²) in [6.07, 6.45) is 0.244. The van der Waals surface area contributed by atoms with Crippen LogP contribution in [0.3, 0.4) is 0 Å². The lowest BCUT2D eigenvalue weighted by Gasteiger charge is -2.17. The lowest BCUT2D eigenvalue weighted by atomic mass is 10.1. The van der Waals surface area contributed by atoms with Crippen molar-refractivity contribution in [3.05, 3.63) is 153 Å². The molecule has 0 aliphatic rings. The van der Waals surface area contributed by atoms with Gasteiger partial charge < -0.3 is 44.1 Å². The Bertz CT molecular complexity index is 3580. The van der Waals surface area contributed by atoms with Crippen LogP contribution in [0.15, 0.2) is 119 Å². The maximum absolute atomic E-state index is 13.4. The van der Waals surface area contributed by atoms with Crippen molar-refractivity contribution in [1.82, 2.24) is 9.97 Å². The molecule has 0 fully saturated rings. The second-order valence-electron chi connectivity index (χ2n) is 16.3. The number of sulfonamides is 1. The number of esters is 2. The Morgan fingerprint density at radius 3 is 1.45 bits per heavy atom. The summed E-state index contributed by atoms with van der Waals surface area (Å²) in [6, 6.07) is 30.7. The molecular weight excluding hydrogens is 1040 g/mol. The average Bonchev–Trinajstić information content (AvgIpc) is 3.92. The Labute approximate surface area is 437 Å². The lowest BCUT2D eigenvalue weighted by Crippen LogP contribution is -2.14. The molecule has 384 valence electrons. The van der Waals surface area contributed by atoms with E-state index in [1.165, 1.54) is 33.5 Å². The van der Waals surface area contributed by atoms with Crippen LogP contribution in [0, 0.1) is 27.7 Å². The number of carbonyl (C=O) groups excluding carboxylic acids is 2. The van der Waals surface area contributed by atoms with Gasteiger partial charge in [0.15, 0.2) is 34.5 Å². The standard InChI is InChI=1S/C26H25ClN2O6S.C19H20N2O4.C7H6Cl2O2S/c1-15-5-10-24(19(27)11-15)36(31,32)29-26-18-12-16(2)28-20(18)7-9-22(26)35-21-8-6-17(13-23(21)33-3)14-25(30)34-4;1-11-8-13-14(21-11)5-7-16(19(13)20)25-15-6-4-12(9-17(15)23-2)10-18(22)24-3;1-5-2-3-7(6(8)4-5)12(9,10)11/h5-13,28-29H,14H2,1-4H3;4-9,21H,10,20H2,1-3H3;2-4H,1H3. The fourth-order valence-corrected chi connectivity index (χ4v) is 10.6. The molecule has 0 amide bonds. The molecule has 73 heavy (non-hydrogen) atoms. The van der Waals surface area contributed by atoms with Gasteiger partial charge in [-0.1, -0.05) is 47.5 Å². The number of methoxy groups -OCH3 is 4. The SMILES string of the molecule is COC(=O)Cc1ccc(Oc2ccc3[nH]c(C)cc3c2N)c(OC)c1.COC(=O)Cc1ccc(Oc2ccc3[nH]c(C)cc3c2NS(=O)(=O)c2ccc(C)cc2Cl)c(OC)c1.Cc1ccc(S(=O)(=O)Cl)c(Cl)c1. The maximum Gasteiger partial charge on any atom is 0.309 e. The number of aromatic amines is 2. The number of ether oxygens (including phenoxy) is 6. The predicted molar refractivity (Wildman–Crippen MR) is 284 cm³/mol. The van der Waals surface area contributed by atoms with Crippen molar-refractivity contribution in [2.24, 2.45) is 0 Å². The van der Waals surface area contributed by atoms with Gasteiger partial charge in [-0.3, -0.25) is 14.3 Å². The van der Waals surface area contributed by atoms with Crippen molar-refractivity contribution >= 4 is 98.1 Å². The molecule has 0 saturated heterocycles. The summed E-state index contributed by atoms with van der Waals surface area (Å²) >= 11 is 11.9. The van der Waals surface area contributed by atoms with Gasteiger partial charge in [-0.2, -0.15) is 0 Å². The summed E-state index contributed by atoms with van der Waals surface area (Å²) < 4.78 is 83.4. The number of aryl methyl sites for hydroxylation is 4. The van der Waals surface area contributed by atoms with Crippen molar-refractivity contribution in [3.8, 4) is 34.5 Å². The van der Waals surface area contributed by atoms with Crippen molar-refractivity contribution in [3.63, 3.8) is 0 Å². The topological polar surface area (TPSA) is 227 Å². The number of fused-ring (bicyclic) bond motifs is 2. The molecular formula is C52H51Cl3N4O12S2. The van der Waals surface area contributed by atoms with Crippen LogP contribution in [0.2, 0.25) is 10.0 Å². The summed E-state index contributed by atoms with van der Waals surface area (Å²) in [7, 11) is 3.05. The van der Waals surface area contributed by atoms with Gasteiger partial charge in [0.2, 0.25) is 0 Å². The number of nitrogens with one attached hydrogen (secondary N) is 3. The number of H-pyrrole nitrogens is 2. The number of nitrogen functional groups attached to an aromatic ring is 1. The van der Waals surface area contributed by atoms with E-state index in [4.69, 9.17) is 63.3 Å². The predicted octanol–water partition coefficient (Wildman–Crippen LogP) is 11.9. The Balaban J connectivity index is 0.000000202. The minimum absolute atomic E-state index is 0.0450. The third-order valence-corrected chi connectivity index (χ3v) is 14.5. The minimum atomic E-state index is -4.06. The van der Waals surface area contributed by atoms with E-state index in [1.54, 1.807) is 79.9 Å². The molecule has 2 aromatic heterocycles. The van der Waals surface area contributed by atoms with Gasteiger partial charge in [-0.05, 0) is 135 Å². The number of anilines is 2. The Morgan fingerprint density at radius 2 is 0.986 bits per heavy atom. The molecule has 0 atom stereocenters. The van der Waals surface area contributed by atoms with Crippen LogP contribution in [-0.4, -0.2) is 67.2 Å². The number of carbonyl (C=O) groups is 2. The van der Waals surface area contributed by atoms with Crippen LogP contribution in [0.4, 0.5) is 11.4 Å². The highest BCUT2D eigenvalue weighted by Gasteiger charge is 2.24. The smallest absolute Gasteiger partial charge is 0.309 e. The van der Waals surface area contributed by atoms with Crippen LogP contribution in [-0.2, 0) is 51.0 Å². The van der Waals surface area contributed by atoms with E-state index in [2.05, 4.69) is 19.4 Å². The van der Waals surface area contributed by atoms with Gasteiger partial charge in [0, 0.05) is 43.9 Å². The molecule has 8 aromatic rings. The number of rotatable bonds is 14. The zero-order chi connectivity index (χ0) is 53.4. The lowest BCUT2D eigenvalue weighted by molar-refractivity contribution is -0.140. The molecule has 5 N–H and O–H groups in total. The van der Waals surface area contributed by atoms with Gasteiger partial charge in [-0.25, -0.2) is 16.8 Å². The fourth-order valence-electron chi connectivity index (χ4n) is 7.29. The zero-order valence-corrected chi connectivity index (χ0v) is 44.6. The molecule has 0 aliphatic heterocycles. The first kappa shape index (κ1) is 55.2. The van der Waals surface area contributed by atoms with Gasteiger partial charge in [-0.15, -0.1) is 0 Å². The summed E-state index contributed by atoms with van der Waals surface area (Å²) in [6.45, 7) is 7.49. The number of nitrogens with two attached hydrogens (primary N) is 1. The molecule has 2 heterocycles. The van der Waals surface area contributed by atoms with Crippen LogP contribution in [0.5, 0.6) is 34.5 Å². The number of benzene rings is 6. The highest BCUT2D eigenvalue weighted by atomic mass is 35.7. The van der Waals surface area contributed by atoms with E-state index in [9.17, 15) is 26.4 Å². The first-order valence-electron chi connectivity index (χ1n) is 21.9. The zero-order valence-electron chi connectivity index (χ0n) is 40.7. The van der Waals surface area contributed by atoms with E-state index < -0.39 is 19.1 Å². The van der Waals surface area contributed by atoms with Crippen LogP contribution in [0.1, 0.15) is 33.6 Å². The van der Waals surface area contributed by atoms with Crippen molar-refractivity contribution < 1.29 is 54.8 Å².